The summed E-state index contributed by atoms with van der Waals surface area (Å²) in [5, 5.41) is 9.71. The van der Waals surface area contributed by atoms with Crippen molar-refractivity contribution in [3.63, 3.8) is 0 Å². The molecule has 100 valence electrons. The van der Waals surface area contributed by atoms with E-state index in [-0.39, 0.29) is 0 Å². The van der Waals surface area contributed by atoms with E-state index >= 15 is 0 Å². The summed E-state index contributed by atoms with van der Waals surface area (Å²) in [6.07, 6.45) is 1.44. The number of hydrogen-bond acceptors (Lipinski definition) is 5. The highest BCUT2D eigenvalue weighted by atomic mass is 127. The second-order valence-electron chi connectivity index (χ2n) is 4.01. The van der Waals surface area contributed by atoms with Crippen molar-refractivity contribution in [2.45, 2.75) is 0 Å². The van der Waals surface area contributed by atoms with E-state index in [2.05, 4.69) is 53.1 Å². The van der Waals surface area contributed by atoms with Crippen molar-refractivity contribution < 1.29 is 0 Å². The maximum Gasteiger partial charge on any atom is 0.199 e. The van der Waals surface area contributed by atoms with Crippen LogP contribution in [0, 0.1) is 3.57 Å². The lowest BCUT2D eigenvalue weighted by Crippen LogP contribution is -2.03. The molecule has 0 fully saturated rings. The number of H-pyrrole nitrogens is 1. The first-order chi connectivity index (χ1) is 9.79. The normalized spacial score (nSPS) is 10.5. The molecule has 0 aliphatic rings. The molecular weight excluding hydrogens is 367 g/mol. The maximum atomic E-state index is 4.60. The third-order valence-corrected chi connectivity index (χ3v) is 3.78. The Bertz CT molecular complexity index is 711. The lowest BCUT2D eigenvalue weighted by molar-refractivity contribution is 1.06. The monoisotopic (exact) mass is 378 g/mol. The predicted octanol–water partition coefficient (Wildman–Crippen LogP) is 2.58. The van der Waals surface area contributed by atoms with Crippen LogP contribution < -0.4 is 5.32 Å². The van der Waals surface area contributed by atoms with E-state index in [1.165, 1.54) is 6.33 Å². The van der Waals surface area contributed by atoms with Gasteiger partial charge in [0.2, 0.25) is 0 Å². The summed E-state index contributed by atoms with van der Waals surface area (Å²) in [7, 11) is 1.84. The summed E-state index contributed by atoms with van der Waals surface area (Å²) in [6, 6.07) is 10.00. The number of nitrogens with one attached hydrogen (secondary N) is 2. The zero-order valence-electron chi connectivity index (χ0n) is 10.6. The summed E-state index contributed by atoms with van der Waals surface area (Å²) < 4.78 is 0.972. The molecule has 20 heavy (non-hydrogen) atoms. The topological polar surface area (TPSA) is 79.4 Å². The Balaban J connectivity index is 2.21. The number of aromatic nitrogens is 5. The number of anilines is 1. The molecule has 0 radical (unpaired) electrons. The van der Waals surface area contributed by atoms with Gasteiger partial charge in [0.1, 0.15) is 12.1 Å². The highest BCUT2D eigenvalue weighted by Gasteiger charge is 2.15. The number of nitrogens with zero attached hydrogens (tertiary/aromatic N) is 4. The van der Waals surface area contributed by atoms with E-state index in [0.29, 0.717) is 11.6 Å². The Morgan fingerprint density at radius 1 is 1.15 bits per heavy atom. The number of aromatic amines is 1. The number of hydrogen-bond donors (Lipinski definition) is 2. The molecule has 2 aromatic heterocycles. The van der Waals surface area contributed by atoms with E-state index in [1.807, 2.05) is 37.4 Å². The van der Waals surface area contributed by atoms with E-state index in [4.69, 9.17) is 0 Å². The molecule has 0 amide bonds. The van der Waals surface area contributed by atoms with Gasteiger partial charge in [-0.25, -0.2) is 15.0 Å². The summed E-state index contributed by atoms with van der Waals surface area (Å²) in [5.41, 5.74) is 1.91. The summed E-state index contributed by atoms with van der Waals surface area (Å²) in [6.45, 7) is 0. The number of halogens is 1. The van der Waals surface area contributed by atoms with Crippen molar-refractivity contribution in [2.75, 3.05) is 12.4 Å². The van der Waals surface area contributed by atoms with Gasteiger partial charge in [0.05, 0.1) is 9.26 Å². The molecule has 0 aliphatic carbocycles. The van der Waals surface area contributed by atoms with Crippen molar-refractivity contribution >= 4 is 28.4 Å². The molecule has 0 aliphatic heterocycles. The Morgan fingerprint density at radius 3 is 2.60 bits per heavy atom. The average molecular weight is 378 g/mol. The van der Waals surface area contributed by atoms with Gasteiger partial charge >= 0.3 is 0 Å². The van der Waals surface area contributed by atoms with Gasteiger partial charge in [-0.2, -0.15) is 5.10 Å². The first-order valence-corrected chi connectivity index (χ1v) is 7.04. The Morgan fingerprint density at radius 2 is 1.95 bits per heavy atom. The van der Waals surface area contributed by atoms with Crippen molar-refractivity contribution in [3.8, 4) is 22.9 Å². The van der Waals surface area contributed by atoms with Gasteiger partial charge in [-0.3, -0.25) is 5.10 Å². The highest BCUT2D eigenvalue weighted by Crippen LogP contribution is 2.29. The minimum absolute atomic E-state index is 0.520. The van der Waals surface area contributed by atoms with Crippen molar-refractivity contribution in [3.05, 3.63) is 40.2 Å². The van der Waals surface area contributed by atoms with Gasteiger partial charge in [-0.1, -0.05) is 30.3 Å². The number of benzene rings is 1. The van der Waals surface area contributed by atoms with Crippen LogP contribution in [0.25, 0.3) is 22.9 Å². The summed E-state index contributed by atoms with van der Waals surface area (Å²) >= 11 is 2.25. The van der Waals surface area contributed by atoms with Crippen LogP contribution in [0.4, 0.5) is 5.82 Å². The largest absolute Gasteiger partial charge is 0.372 e. The lowest BCUT2D eigenvalue weighted by atomic mass is 10.1. The van der Waals surface area contributed by atoms with Crippen molar-refractivity contribution in [1.82, 2.24) is 25.1 Å². The van der Waals surface area contributed by atoms with E-state index in [0.717, 1.165) is 20.6 Å². The van der Waals surface area contributed by atoms with Crippen LogP contribution in [0.5, 0.6) is 0 Å². The molecule has 7 heteroatoms. The molecule has 2 N–H and O–H groups in total. The summed E-state index contributed by atoms with van der Waals surface area (Å²) in [5.74, 6) is 1.84. The SMILES string of the molecule is CNc1nc(-c2ncn[nH]2)nc(-c2ccccc2)c1I. The van der Waals surface area contributed by atoms with Gasteiger partial charge in [-0.15, -0.1) is 0 Å². The third-order valence-electron chi connectivity index (χ3n) is 2.76. The molecular formula is C13H11IN6. The minimum Gasteiger partial charge on any atom is -0.372 e. The van der Waals surface area contributed by atoms with E-state index in [1.54, 1.807) is 0 Å². The molecule has 1 aromatic carbocycles. The van der Waals surface area contributed by atoms with Gasteiger partial charge in [-0.05, 0) is 22.6 Å². The molecule has 0 unspecified atom stereocenters. The maximum absolute atomic E-state index is 4.60. The third kappa shape index (κ3) is 2.36. The van der Waals surface area contributed by atoms with Crippen LogP contribution in [0.1, 0.15) is 0 Å². The Kier molecular flexibility index (Phi) is 3.59. The predicted molar refractivity (Wildman–Crippen MR) is 85.1 cm³/mol. The fraction of sp³-hybridized carbons (Fsp3) is 0.0769. The van der Waals surface area contributed by atoms with Crippen LogP contribution >= 0.6 is 22.6 Å². The van der Waals surface area contributed by atoms with Crippen molar-refractivity contribution in [2.24, 2.45) is 0 Å². The summed E-state index contributed by atoms with van der Waals surface area (Å²) in [4.78, 5) is 13.2. The number of rotatable bonds is 3. The quantitative estimate of drug-likeness (QED) is 0.685. The second-order valence-corrected chi connectivity index (χ2v) is 5.09. The van der Waals surface area contributed by atoms with Gasteiger partial charge in [0, 0.05) is 12.6 Å². The molecule has 3 aromatic rings. The average Bonchev–Trinajstić information content (AvgIpc) is 3.03. The van der Waals surface area contributed by atoms with Crippen LogP contribution in [-0.4, -0.2) is 32.2 Å². The lowest BCUT2D eigenvalue weighted by Gasteiger charge is -2.10. The fourth-order valence-electron chi connectivity index (χ4n) is 1.82. The van der Waals surface area contributed by atoms with Gasteiger partial charge in [0.25, 0.3) is 0 Å². The van der Waals surface area contributed by atoms with E-state index in [9.17, 15) is 0 Å². The van der Waals surface area contributed by atoms with Crippen LogP contribution in [-0.2, 0) is 0 Å². The molecule has 0 spiro atoms. The van der Waals surface area contributed by atoms with Crippen LogP contribution in [0.15, 0.2) is 36.7 Å². The van der Waals surface area contributed by atoms with Crippen LogP contribution in [0.2, 0.25) is 0 Å². The molecule has 3 rings (SSSR count). The fourth-order valence-corrected chi connectivity index (χ4v) is 2.64. The zero-order chi connectivity index (χ0) is 13.9. The smallest absolute Gasteiger partial charge is 0.199 e. The van der Waals surface area contributed by atoms with Gasteiger partial charge in [0.15, 0.2) is 11.6 Å². The first-order valence-electron chi connectivity index (χ1n) is 5.96. The Labute approximate surface area is 129 Å². The minimum atomic E-state index is 0.520. The molecule has 0 bridgehead atoms. The first kappa shape index (κ1) is 13.0. The van der Waals surface area contributed by atoms with E-state index < -0.39 is 0 Å². The molecule has 6 nitrogen and oxygen atoms in total. The zero-order valence-corrected chi connectivity index (χ0v) is 12.8. The molecule has 0 saturated carbocycles. The molecule has 0 atom stereocenters. The highest BCUT2D eigenvalue weighted by molar-refractivity contribution is 14.1. The standard InChI is InChI=1S/C13H11IN6/c1-15-11-9(14)10(8-5-3-2-4-6-8)18-13(19-11)12-16-7-17-20-12/h2-7H,1H3,(H,15,18,19)(H,16,17,20). The molecule has 0 saturated heterocycles. The van der Waals surface area contributed by atoms with Crippen LogP contribution in [0.3, 0.4) is 0 Å². The van der Waals surface area contributed by atoms with Crippen molar-refractivity contribution in [1.29, 1.82) is 0 Å². The second kappa shape index (κ2) is 5.53. The molecule has 2 heterocycles. The Hall–Kier alpha value is -2.03. The van der Waals surface area contributed by atoms with Gasteiger partial charge < -0.3 is 5.32 Å².